The average molecular weight is 335 g/mol. The minimum atomic E-state index is -0.203. The van der Waals surface area contributed by atoms with E-state index in [4.69, 9.17) is 0 Å². The molecule has 1 aromatic carbocycles. The van der Waals surface area contributed by atoms with Crippen molar-refractivity contribution in [1.29, 1.82) is 0 Å². The molecule has 0 bridgehead atoms. The van der Waals surface area contributed by atoms with Gasteiger partial charge in [0.15, 0.2) is 0 Å². The predicted octanol–water partition coefficient (Wildman–Crippen LogP) is 3.90. The third-order valence-corrected chi connectivity index (χ3v) is 3.51. The summed E-state index contributed by atoms with van der Waals surface area (Å²) < 4.78 is 0.783. The molecule has 2 aromatic rings. The number of rotatable bonds is 4. The summed E-state index contributed by atoms with van der Waals surface area (Å²) in [7, 11) is 0. The zero-order chi connectivity index (χ0) is 13.5. The number of hydrogen-bond acceptors (Lipinski definition) is 3. The van der Waals surface area contributed by atoms with Gasteiger partial charge in [0, 0.05) is 4.48 Å². The lowest BCUT2D eigenvalue weighted by Crippen LogP contribution is -2.15. The normalized spacial score (nSPS) is 11.7. The second kappa shape index (κ2) is 7.01. The van der Waals surface area contributed by atoms with E-state index in [0.717, 1.165) is 10.0 Å². The number of carbonyl (C=O) groups is 1. The Morgan fingerprint density at radius 1 is 1.21 bits per heavy atom. The Morgan fingerprint density at radius 2 is 2.00 bits per heavy atom. The topological polar surface area (TPSA) is 41.5 Å². The van der Waals surface area contributed by atoms with Crippen LogP contribution in [0.5, 0.6) is 0 Å². The highest BCUT2D eigenvalue weighted by molar-refractivity contribution is 9.12. The molecule has 1 amide bonds. The van der Waals surface area contributed by atoms with Gasteiger partial charge in [0.2, 0.25) is 0 Å². The summed E-state index contributed by atoms with van der Waals surface area (Å²) >= 11 is 4.76. The highest BCUT2D eigenvalue weighted by Gasteiger charge is 2.03. The van der Waals surface area contributed by atoms with Crippen LogP contribution in [-0.4, -0.2) is 12.1 Å². The molecule has 0 saturated heterocycles. The minimum Gasteiger partial charge on any atom is -0.266 e. The van der Waals surface area contributed by atoms with Crippen LogP contribution in [0.3, 0.4) is 0 Å². The van der Waals surface area contributed by atoms with Crippen molar-refractivity contribution in [1.82, 2.24) is 5.43 Å². The van der Waals surface area contributed by atoms with Gasteiger partial charge < -0.3 is 0 Å². The number of hydrazone groups is 1. The van der Waals surface area contributed by atoms with Crippen molar-refractivity contribution in [3.05, 3.63) is 62.8 Å². The molecule has 1 N–H and O–H groups in total. The minimum absolute atomic E-state index is 0.203. The van der Waals surface area contributed by atoms with E-state index in [1.54, 1.807) is 12.3 Å². The van der Waals surface area contributed by atoms with Gasteiger partial charge >= 0.3 is 0 Å². The van der Waals surface area contributed by atoms with Gasteiger partial charge in [-0.25, -0.2) is 5.43 Å². The Kier molecular flexibility index (Phi) is 5.06. The monoisotopic (exact) mass is 334 g/mol. The van der Waals surface area contributed by atoms with Gasteiger partial charge in [0.1, 0.15) is 0 Å². The molecule has 1 aromatic heterocycles. The maximum absolute atomic E-state index is 11.6. The Hall–Kier alpha value is -1.72. The fourth-order valence-corrected chi connectivity index (χ4v) is 2.34. The summed E-state index contributed by atoms with van der Waals surface area (Å²) in [5, 5.41) is 5.74. The van der Waals surface area contributed by atoms with Crippen LogP contribution in [0.1, 0.15) is 15.2 Å². The molecule has 0 fully saturated rings. The van der Waals surface area contributed by atoms with Gasteiger partial charge in [0.25, 0.3) is 5.91 Å². The van der Waals surface area contributed by atoms with E-state index in [-0.39, 0.29) is 5.91 Å². The molecule has 3 nitrogen and oxygen atoms in total. The number of amides is 1. The Labute approximate surface area is 123 Å². The number of nitrogens with one attached hydrogen (secondary N) is 1. The lowest BCUT2D eigenvalue weighted by Gasteiger charge is -1.95. The molecule has 0 atom stereocenters. The molecule has 0 radical (unpaired) electrons. The first-order valence-corrected chi connectivity index (χ1v) is 7.22. The van der Waals surface area contributed by atoms with Crippen LogP contribution in [0.25, 0.3) is 6.08 Å². The fraction of sp³-hybridized carbons (Fsp3) is 0. The number of carbonyl (C=O) groups excluding carboxylic acids is 1. The first-order valence-electron chi connectivity index (χ1n) is 5.55. The number of benzene rings is 1. The summed E-state index contributed by atoms with van der Waals surface area (Å²) in [6.07, 6.45) is 3.47. The predicted molar refractivity (Wildman–Crippen MR) is 83.6 cm³/mol. The number of nitrogens with zero attached hydrogens (tertiary/aromatic N) is 1. The van der Waals surface area contributed by atoms with Crippen LogP contribution in [0.2, 0.25) is 0 Å². The maximum Gasteiger partial charge on any atom is 0.281 e. The zero-order valence-corrected chi connectivity index (χ0v) is 12.3. The summed E-state index contributed by atoms with van der Waals surface area (Å²) in [6.45, 7) is 0. The lowest BCUT2D eigenvalue weighted by molar-refractivity contribution is 0.0959. The fourth-order valence-electron chi connectivity index (χ4n) is 1.36. The Morgan fingerprint density at radius 3 is 2.68 bits per heavy atom. The smallest absolute Gasteiger partial charge is 0.266 e. The van der Waals surface area contributed by atoms with Gasteiger partial charge in [-0.3, -0.25) is 4.79 Å². The van der Waals surface area contributed by atoms with Gasteiger partial charge in [-0.15, -0.1) is 11.3 Å². The molecule has 1 heterocycles. The van der Waals surface area contributed by atoms with Crippen LogP contribution in [0, 0.1) is 0 Å². The van der Waals surface area contributed by atoms with E-state index < -0.39 is 0 Å². The number of halogens is 1. The number of thiophene rings is 1. The van der Waals surface area contributed by atoms with E-state index in [9.17, 15) is 4.79 Å². The quantitative estimate of drug-likeness (QED) is 0.668. The molecular weight excluding hydrogens is 324 g/mol. The van der Waals surface area contributed by atoms with Crippen LogP contribution in [0.15, 0.2) is 57.4 Å². The van der Waals surface area contributed by atoms with Crippen molar-refractivity contribution in [2.75, 3.05) is 0 Å². The Bertz CT molecular complexity index is 591. The highest BCUT2D eigenvalue weighted by Crippen LogP contribution is 2.10. The van der Waals surface area contributed by atoms with E-state index >= 15 is 0 Å². The lowest BCUT2D eigenvalue weighted by atomic mass is 10.2. The van der Waals surface area contributed by atoms with Crippen molar-refractivity contribution in [3.63, 3.8) is 0 Å². The Balaban J connectivity index is 1.92. The van der Waals surface area contributed by atoms with Crippen LogP contribution in [-0.2, 0) is 0 Å². The third-order valence-electron chi connectivity index (χ3n) is 2.20. The van der Waals surface area contributed by atoms with Gasteiger partial charge in [-0.1, -0.05) is 36.4 Å². The molecule has 0 spiro atoms. The number of hydrogen-bond donors (Lipinski definition) is 1. The average Bonchev–Trinajstić information content (AvgIpc) is 2.93. The standard InChI is InChI=1S/C14H11BrN2OS/c15-12(9-11-5-2-1-3-6-11)10-16-17-14(18)13-7-4-8-19-13/h1-10H,(H,17,18). The van der Waals surface area contributed by atoms with Gasteiger partial charge in [-0.2, -0.15) is 5.10 Å². The highest BCUT2D eigenvalue weighted by atomic mass is 79.9. The molecular formula is C14H11BrN2OS. The molecule has 0 unspecified atom stereocenters. The van der Waals surface area contributed by atoms with E-state index in [0.29, 0.717) is 4.88 Å². The largest absolute Gasteiger partial charge is 0.281 e. The number of allylic oxidation sites excluding steroid dienone is 1. The summed E-state index contributed by atoms with van der Waals surface area (Å²) in [4.78, 5) is 12.2. The molecule has 19 heavy (non-hydrogen) atoms. The first-order chi connectivity index (χ1) is 9.25. The summed E-state index contributed by atoms with van der Waals surface area (Å²) in [5.74, 6) is -0.203. The van der Waals surface area contributed by atoms with Crippen molar-refractivity contribution >= 4 is 45.5 Å². The summed E-state index contributed by atoms with van der Waals surface area (Å²) in [6, 6.07) is 13.4. The molecule has 96 valence electrons. The van der Waals surface area contributed by atoms with Crippen LogP contribution >= 0.6 is 27.3 Å². The first kappa shape index (κ1) is 13.7. The van der Waals surface area contributed by atoms with Crippen molar-refractivity contribution in [2.24, 2.45) is 5.10 Å². The third kappa shape index (κ3) is 4.46. The second-order valence-corrected chi connectivity index (χ2v) is 5.48. The van der Waals surface area contributed by atoms with Crippen LogP contribution < -0.4 is 5.43 Å². The molecule has 0 aliphatic heterocycles. The van der Waals surface area contributed by atoms with Crippen molar-refractivity contribution in [2.45, 2.75) is 0 Å². The SMILES string of the molecule is O=C(NN=CC(Br)=Cc1ccccc1)c1cccs1. The van der Waals surface area contributed by atoms with Crippen molar-refractivity contribution in [3.8, 4) is 0 Å². The molecule has 0 aliphatic rings. The molecule has 2 rings (SSSR count). The molecule has 0 saturated carbocycles. The second-order valence-electron chi connectivity index (χ2n) is 3.62. The van der Waals surface area contributed by atoms with E-state index in [2.05, 4.69) is 26.5 Å². The maximum atomic E-state index is 11.6. The van der Waals surface area contributed by atoms with Crippen LogP contribution in [0.4, 0.5) is 0 Å². The summed E-state index contributed by atoms with van der Waals surface area (Å²) in [5.41, 5.74) is 3.53. The van der Waals surface area contributed by atoms with Gasteiger partial charge in [-0.05, 0) is 39.0 Å². The molecule has 5 heteroatoms. The molecule has 0 aliphatic carbocycles. The van der Waals surface area contributed by atoms with Gasteiger partial charge in [0.05, 0.1) is 11.1 Å². The van der Waals surface area contributed by atoms with E-state index in [1.165, 1.54) is 11.3 Å². The zero-order valence-electron chi connectivity index (χ0n) is 9.92. The van der Waals surface area contributed by atoms with Crippen molar-refractivity contribution < 1.29 is 4.79 Å². The van der Waals surface area contributed by atoms with E-state index in [1.807, 2.05) is 47.9 Å².